The third kappa shape index (κ3) is 1.97. The van der Waals surface area contributed by atoms with Crippen LogP contribution in [-0.2, 0) is 0 Å². The zero-order valence-electron chi connectivity index (χ0n) is 9.02. The number of anilines is 3. The summed E-state index contributed by atoms with van der Waals surface area (Å²) >= 11 is 6.14. The summed E-state index contributed by atoms with van der Waals surface area (Å²) in [5.41, 5.74) is 8.57. The number of rotatable bonds is 2. The predicted molar refractivity (Wildman–Crippen MR) is 70.4 cm³/mol. The van der Waals surface area contributed by atoms with Crippen molar-refractivity contribution in [2.24, 2.45) is 0 Å². The van der Waals surface area contributed by atoms with E-state index in [1.54, 1.807) is 0 Å². The summed E-state index contributed by atoms with van der Waals surface area (Å²) in [4.78, 5) is 1.98. The van der Waals surface area contributed by atoms with Gasteiger partial charge in [0.2, 0.25) is 0 Å². The van der Waals surface area contributed by atoms with Crippen LogP contribution < -0.4 is 10.6 Å². The van der Waals surface area contributed by atoms with Crippen molar-refractivity contribution in [3.05, 3.63) is 53.6 Å². The number of hydrogen-bond acceptors (Lipinski definition) is 2. The Hall–Kier alpha value is -1.67. The molecule has 2 nitrogen and oxygen atoms in total. The Morgan fingerprint density at radius 1 is 0.938 bits per heavy atom. The van der Waals surface area contributed by atoms with Crippen molar-refractivity contribution >= 4 is 28.7 Å². The SMILES string of the molecule is CN(c1ccccc1N)c1ccccc1Cl. The van der Waals surface area contributed by atoms with Gasteiger partial charge in [-0.25, -0.2) is 0 Å². The predicted octanol–water partition coefficient (Wildman–Crippen LogP) is 3.69. The van der Waals surface area contributed by atoms with Gasteiger partial charge in [-0.15, -0.1) is 0 Å². The number of para-hydroxylation sites is 3. The lowest BCUT2D eigenvalue weighted by molar-refractivity contribution is 1.21. The second kappa shape index (κ2) is 4.45. The smallest absolute Gasteiger partial charge is 0.0642 e. The molecule has 82 valence electrons. The van der Waals surface area contributed by atoms with Gasteiger partial charge < -0.3 is 10.6 Å². The number of nitrogen functional groups attached to an aromatic ring is 1. The van der Waals surface area contributed by atoms with Crippen LogP contribution >= 0.6 is 11.6 Å². The molecule has 0 aromatic heterocycles. The molecule has 0 fully saturated rings. The molecule has 0 spiro atoms. The van der Waals surface area contributed by atoms with E-state index >= 15 is 0 Å². The maximum Gasteiger partial charge on any atom is 0.0642 e. The fourth-order valence-corrected chi connectivity index (χ4v) is 1.91. The first-order chi connectivity index (χ1) is 7.70. The van der Waals surface area contributed by atoms with Crippen LogP contribution in [0, 0.1) is 0 Å². The Labute approximate surface area is 100 Å². The summed E-state index contributed by atoms with van der Waals surface area (Å²) in [5, 5.41) is 0.716. The molecule has 2 N–H and O–H groups in total. The molecule has 3 heteroatoms. The summed E-state index contributed by atoms with van der Waals surface area (Å²) in [7, 11) is 1.95. The second-order valence-electron chi connectivity index (χ2n) is 3.57. The van der Waals surface area contributed by atoms with E-state index in [2.05, 4.69) is 0 Å². The lowest BCUT2D eigenvalue weighted by Gasteiger charge is -2.22. The monoisotopic (exact) mass is 232 g/mol. The highest BCUT2D eigenvalue weighted by Gasteiger charge is 2.09. The lowest BCUT2D eigenvalue weighted by atomic mass is 10.2. The zero-order chi connectivity index (χ0) is 11.5. The zero-order valence-corrected chi connectivity index (χ0v) is 9.78. The Bertz CT molecular complexity index is 451. The Morgan fingerprint density at radius 2 is 1.50 bits per heavy atom. The Morgan fingerprint density at radius 3 is 2.12 bits per heavy atom. The van der Waals surface area contributed by atoms with Crippen LogP contribution in [0.15, 0.2) is 48.5 Å². The van der Waals surface area contributed by atoms with Gasteiger partial charge >= 0.3 is 0 Å². The molecule has 2 rings (SSSR count). The lowest BCUT2D eigenvalue weighted by Crippen LogP contribution is -2.11. The van der Waals surface area contributed by atoms with Crippen molar-refractivity contribution in [3.8, 4) is 0 Å². The van der Waals surface area contributed by atoms with E-state index in [0.29, 0.717) is 5.02 Å². The van der Waals surface area contributed by atoms with Crippen LogP contribution in [0.4, 0.5) is 17.1 Å². The first kappa shape index (κ1) is 10.8. The van der Waals surface area contributed by atoms with E-state index in [0.717, 1.165) is 17.1 Å². The van der Waals surface area contributed by atoms with Gasteiger partial charge in [-0.1, -0.05) is 35.9 Å². The third-order valence-corrected chi connectivity index (χ3v) is 2.83. The summed E-state index contributed by atoms with van der Waals surface area (Å²) < 4.78 is 0. The van der Waals surface area contributed by atoms with Gasteiger partial charge in [-0.05, 0) is 24.3 Å². The molecular formula is C13H13ClN2. The molecule has 0 atom stereocenters. The normalized spacial score (nSPS) is 10.1. The quantitative estimate of drug-likeness (QED) is 0.801. The van der Waals surface area contributed by atoms with Crippen molar-refractivity contribution in [1.29, 1.82) is 0 Å². The minimum atomic E-state index is 0.716. The van der Waals surface area contributed by atoms with Gasteiger partial charge in [0.1, 0.15) is 0 Å². The fourth-order valence-electron chi connectivity index (χ4n) is 1.65. The van der Waals surface area contributed by atoms with Gasteiger partial charge in [0.05, 0.1) is 22.1 Å². The molecule has 0 aliphatic rings. The molecule has 0 heterocycles. The molecule has 0 bridgehead atoms. The first-order valence-corrected chi connectivity index (χ1v) is 5.40. The first-order valence-electron chi connectivity index (χ1n) is 5.03. The molecule has 0 saturated heterocycles. The Kier molecular flexibility index (Phi) is 3.02. The summed E-state index contributed by atoms with van der Waals surface area (Å²) in [6.07, 6.45) is 0. The number of nitrogens with zero attached hydrogens (tertiary/aromatic N) is 1. The minimum absolute atomic E-state index is 0.716. The van der Waals surface area contributed by atoms with Crippen LogP contribution in [0.2, 0.25) is 5.02 Å². The van der Waals surface area contributed by atoms with Gasteiger partial charge in [0.15, 0.2) is 0 Å². The molecule has 0 aliphatic heterocycles. The van der Waals surface area contributed by atoms with Gasteiger partial charge in [-0.3, -0.25) is 0 Å². The standard InChI is InChI=1S/C13H13ClN2/c1-16(12-8-4-2-6-10(12)14)13-9-5-3-7-11(13)15/h2-9H,15H2,1H3. The molecular weight excluding hydrogens is 220 g/mol. The van der Waals surface area contributed by atoms with Crippen molar-refractivity contribution in [2.75, 3.05) is 17.7 Å². The van der Waals surface area contributed by atoms with Crippen molar-refractivity contribution in [3.63, 3.8) is 0 Å². The van der Waals surface area contributed by atoms with Crippen molar-refractivity contribution in [1.82, 2.24) is 0 Å². The maximum atomic E-state index is 6.14. The molecule has 0 saturated carbocycles. The minimum Gasteiger partial charge on any atom is -0.397 e. The van der Waals surface area contributed by atoms with Gasteiger partial charge in [-0.2, -0.15) is 0 Å². The van der Waals surface area contributed by atoms with E-state index in [9.17, 15) is 0 Å². The number of nitrogens with two attached hydrogens (primary N) is 1. The van der Waals surface area contributed by atoms with Crippen LogP contribution in [0.3, 0.4) is 0 Å². The topological polar surface area (TPSA) is 29.3 Å². The summed E-state index contributed by atoms with van der Waals surface area (Å²) in [6.45, 7) is 0. The molecule has 2 aromatic rings. The summed E-state index contributed by atoms with van der Waals surface area (Å²) in [6, 6.07) is 15.4. The molecule has 0 unspecified atom stereocenters. The highest BCUT2D eigenvalue weighted by atomic mass is 35.5. The van der Waals surface area contributed by atoms with Crippen LogP contribution in [0.5, 0.6) is 0 Å². The maximum absolute atomic E-state index is 6.14. The number of benzene rings is 2. The van der Waals surface area contributed by atoms with E-state index in [1.807, 2.05) is 60.5 Å². The van der Waals surface area contributed by atoms with Gasteiger partial charge in [0.25, 0.3) is 0 Å². The average Bonchev–Trinajstić information content (AvgIpc) is 2.29. The van der Waals surface area contributed by atoms with E-state index in [1.165, 1.54) is 0 Å². The molecule has 0 aliphatic carbocycles. The third-order valence-electron chi connectivity index (χ3n) is 2.51. The fraction of sp³-hybridized carbons (Fsp3) is 0.0769. The van der Waals surface area contributed by atoms with Crippen LogP contribution in [0.25, 0.3) is 0 Å². The van der Waals surface area contributed by atoms with E-state index in [4.69, 9.17) is 17.3 Å². The van der Waals surface area contributed by atoms with Gasteiger partial charge in [0, 0.05) is 7.05 Å². The second-order valence-corrected chi connectivity index (χ2v) is 3.98. The highest BCUT2D eigenvalue weighted by Crippen LogP contribution is 2.32. The summed E-state index contributed by atoms with van der Waals surface area (Å²) in [5.74, 6) is 0. The number of hydrogen-bond donors (Lipinski definition) is 1. The van der Waals surface area contributed by atoms with Crippen molar-refractivity contribution < 1.29 is 0 Å². The molecule has 16 heavy (non-hydrogen) atoms. The van der Waals surface area contributed by atoms with Crippen LogP contribution in [0.1, 0.15) is 0 Å². The highest BCUT2D eigenvalue weighted by molar-refractivity contribution is 6.33. The number of halogens is 1. The van der Waals surface area contributed by atoms with E-state index in [-0.39, 0.29) is 0 Å². The molecule has 2 aromatic carbocycles. The van der Waals surface area contributed by atoms with Crippen molar-refractivity contribution in [2.45, 2.75) is 0 Å². The largest absolute Gasteiger partial charge is 0.397 e. The Balaban J connectivity index is 2.44. The average molecular weight is 233 g/mol. The van der Waals surface area contributed by atoms with Crippen LogP contribution in [-0.4, -0.2) is 7.05 Å². The molecule has 0 amide bonds. The van der Waals surface area contributed by atoms with E-state index < -0.39 is 0 Å². The molecule has 0 radical (unpaired) electrons.